The Hall–Kier alpha value is -1.46. The van der Waals surface area contributed by atoms with Crippen molar-refractivity contribution < 1.29 is 38.4 Å². The van der Waals surface area contributed by atoms with Gasteiger partial charge in [0.05, 0.1) is 35.9 Å². The maximum absolute atomic E-state index is 12.6. The average Bonchev–Trinajstić information content (AvgIpc) is 3.61. The first-order valence-corrected chi connectivity index (χ1v) is 11.2. The fourth-order valence-electron chi connectivity index (χ4n) is 5.47. The van der Waals surface area contributed by atoms with E-state index >= 15 is 0 Å². The summed E-state index contributed by atoms with van der Waals surface area (Å²) in [6.07, 6.45) is 0.383. The van der Waals surface area contributed by atoms with Gasteiger partial charge >= 0.3 is 6.09 Å². The van der Waals surface area contributed by atoms with Crippen molar-refractivity contribution in [2.24, 2.45) is 11.7 Å². The molecule has 10 heteroatoms. The van der Waals surface area contributed by atoms with E-state index in [0.717, 1.165) is 6.42 Å². The number of alkyl carbamates (subject to hydrolysis) is 1. The first kappa shape index (κ1) is 23.7. The summed E-state index contributed by atoms with van der Waals surface area (Å²) in [6.45, 7) is 9.60. The molecule has 1 saturated carbocycles. The number of primary amides is 1. The van der Waals surface area contributed by atoms with Gasteiger partial charge in [0.2, 0.25) is 5.91 Å². The van der Waals surface area contributed by atoms with Crippen molar-refractivity contribution in [3.8, 4) is 0 Å². The number of amides is 2. The van der Waals surface area contributed by atoms with Crippen molar-refractivity contribution in [3.05, 3.63) is 0 Å². The summed E-state index contributed by atoms with van der Waals surface area (Å²) >= 11 is 0. The van der Waals surface area contributed by atoms with Crippen molar-refractivity contribution >= 4 is 12.0 Å². The summed E-state index contributed by atoms with van der Waals surface area (Å²) in [7, 11) is 1.59. The molecule has 3 aliphatic heterocycles. The standard InChI is InChI=1S/C22H36N2O8/c1-19(2,27)16(17(23)25)24-18(26)30-11-7-8-22(10-29-22)15(14(11)28-6)21(5)13(32-21)9-12-20(3,4)31-12/h11-16,27H,7-10H2,1-6H3,(H2,23,25)(H,24,26)/t11-,12?,13+,14-,15?,16+,21-,22?/m1/s1. The lowest BCUT2D eigenvalue weighted by atomic mass is 9.68. The molecule has 0 radical (unpaired) electrons. The zero-order valence-electron chi connectivity index (χ0n) is 19.7. The third-order valence-electron chi connectivity index (χ3n) is 7.60. The van der Waals surface area contributed by atoms with E-state index in [-0.39, 0.29) is 29.3 Å². The van der Waals surface area contributed by atoms with Crippen LogP contribution in [0.3, 0.4) is 0 Å². The Labute approximate surface area is 188 Å². The monoisotopic (exact) mass is 456 g/mol. The Morgan fingerprint density at radius 1 is 1.25 bits per heavy atom. The van der Waals surface area contributed by atoms with E-state index in [1.54, 1.807) is 7.11 Å². The van der Waals surface area contributed by atoms with E-state index in [9.17, 15) is 14.7 Å². The highest BCUT2D eigenvalue weighted by molar-refractivity contribution is 5.85. The molecule has 8 atom stereocenters. The second-order valence-electron chi connectivity index (χ2n) is 10.9. The molecule has 4 N–H and O–H groups in total. The van der Waals surface area contributed by atoms with E-state index in [1.807, 2.05) is 0 Å². The predicted octanol–water partition coefficient (Wildman–Crippen LogP) is 0.625. The van der Waals surface area contributed by atoms with Crippen LogP contribution in [0, 0.1) is 5.92 Å². The normalized spacial score (nSPS) is 42.8. The quantitative estimate of drug-likeness (QED) is 0.450. The number of ether oxygens (including phenoxy) is 5. The van der Waals surface area contributed by atoms with E-state index in [4.69, 9.17) is 29.4 Å². The van der Waals surface area contributed by atoms with Crippen molar-refractivity contribution in [1.29, 1.82) is 0 Å². The Bertz CT molecular complexity index is 776. The van der Waals surface area contributed by atoms with Crippen LogP contribution in [0.15, 0.2) is 0 Å². The molecule has 1 aliphatic carbocycles. The zero-order chi connectivity index (χ0) is 23.7. The highest BCUT2D eigenvalue weighted by Gasteiger charge is 2.73. The van der Waals surface area contributed by atoms with Crippen LogP contribution in [0.25, 0.3) is 0 Å². The number of rotatable bonds is 8. The van der Waals surface area contributed by atoms with Crippen LogP contribution < -0.4 is 11.1 Å². The molecule has 3 saturated heterocycles. The van der Waals surface area contributed by atoms with E-state index in [1.165, 1.54) is 13.8 Å². The lowest BCUT2D eigenvalue weighted by Crippen LogP contribution is -2.59. The van der Waals surface area contributed by atoms with E-state index < -0.39 is 41.5 Å². The fraction of sp³-hybridized carbons (Fsp3) is 0.909. The van der Waals surface area contributed by atoms with Gasteiger partial charge in [0.25, 0.3) is 0 Å². The number of aliphatic hydroxyl groups is 1. The largest absolute Gasteiger partial charge is 0.443 e. The molecule has 2 amide bonds. The maximum atomic E-state index is 12.6. The Morgan fingerprint density at radius 2 is 1.88 bits per heavy atom. The molecule has 10 nitrogen and oxygen atoms in total. The zero-order valence-corrected chi connectivity index (χ0v) is 19.7. The van der Waals surface area contributed by atoms with Crippen LogP contribution >= 0.6 is 0 Å². The van der Waals surface area contributed by atoms with Gasteiger partial charge in [-0.25, -0.2) is 4.79 Å². The van der Waals surface area contributed by atoms with Gasteiger partial charge in [0.1, 0.15) is 29.5 Å². The molecule has 32 heavy (non-hydrogen) atoms. The number of epoxide rings is 3. The summed E-state index contributed by atoms with van der Waals surface area (Å²) in [5.41, 5.74) is 2.87. The molecule has 4 fully saturated rings. The van der Waals surface area contributed by atoms with Crippen molar-refractivity contribution in [2.45, 2.75) is 107 Å². The minimum atomic E-state index is -1.53. The lowest BCUT2D eigenvalue weighted by molar-refractivity contribution is -0.127. The maximum Gasteiger partial charge on any atom is 0.408 e. The minimum absolute atomic E-state index is 0.0139. The number of hydrogen-bond acceptors (Lipinski definition) is 8. The van der Waals surface area contributed by atoms with E-state index in [0.29, 0.717) is 19.4 Å². The molecule has 3 heterocycles. The van der Waals surface area contributed by atoms with Gasteiger partial charge in [0.15, 0.2) is 0 Å². The highest BCUT2D eigenvalue weighted by atomic mass is 16.6. The molecule has 0 aromatic carbocycles. The second-order valence-corrected chi connectivity index (χ2v) is 10.9. The Morgan fingerprint density at radius 3 is 2.34 bits per heavy atom. The smallest absolute Gasteiger partial charge is 0.408 e. The first-order chi connectivity index (χ1) is 14.7. The molecule has 4 aliphatic rings. The predicted molar refractivity (Wildman–Crippen MR) is 112 cm³/mol. The van der Waals surface area contributed by atoms with Gasteiger partial charge in [-0.3, -0.25) is 4.79 Å². The topological polar surface area (TPSA) is 148 Å². The van der Waals surface area contributed by atoms with Crippen LogP contribution in [0.2, 0.25) is 0 Å². The second kappa shape index (κ2) is 7.53. The number of carbonyl (C=O) groups excluding carboxylic acids is 2. The van der Waals surface area contributed by atoms with Gasteiger partial charge in [0, 0.05) is 13.5 Å². The highest BCUT2D eigenvalue weighted by Crippen LogP contribution is 2.60. The Kier molecular flexibility index (Phi) is 5.57. The third-order valence-corrected chi connectivity index (χ3v) is 7.60. The van der Waals surface area contributed by atoms with Crippen LogP contribution in [0.1, 0.15) is 53.9 Å². The van der Waals surface area contributed by atoms with Gasteiger partial charge in [-0.05, 0) is 47.5 Å². The minimum Gasteiger partial charge on any atom is -0.443 e. The van der Waals surface area contributed by atoms with Crippen molar-refractivity contribution in [3.63, 3.8) is 0 Å². The molecule has 0 aromatic heterocycles. The van der Waals surface area contributed by atoms with Crippen molar-refractivity contribution in [2.75, 3.05) is 13.7 Å². The number of nitrogens with two attached hydrogens (primary N) is 1. The summed E-state index contributed by atoms with van der Waals surface area (Å²) < 4.78 is 29.4. The fourth-order valence-corrected chi connectivity index (χ4v) is 5.47. The molecule has 182 valence electrons. The van der Waals surface area contributed by atoms with Gasteiger partial charge in [-0.15, -0.1) is 0 Å². The van der Waals surface area contributed by atoms with Crippen LogP contribution in [0.4, 0.5) is 4.79 Å². The van der Waals surface area contributed by atoms with Crippen LogP contribution in [-0.4, -0.2) is 83.7 Å². The number of nitrogens with one attached hydrogen (secondary N) is 1. The first-order valence-electron chi connectivity index (χ1n) is 11.2. The summed E-state index contributed by atoms with van der Waals surface area (Å²) in [5.74, 6) is -0.976. The van der Waals surface area contributed by atoms with Crippen molar-refractivity contribution in [1.82, 2.24) is 5.32 Å². The Balaban J connectivity index is 1.45. The van der Waals surface area contributed by atoms with Gasteiger partial charge in [-0.2, -0.15) is 0 Å². The van der Waals surface area contributed by atoms with Gasteiger partial charge < -0.3 is 39.8 Å². The molecule has 3 unspecified atom stereocenters. The SMILES string of the molecule is CO[C@H]1C([C@]2(C)O[C@H]2CC2OC2(C)C)C2(CC[C@H]1OC(=O)N[C@@H](C(N)=O)C(C)(C)O)CO2. The van der Waals surface area contributed by atoms with Crippen LogP contribution in [-0.2, 0) is 28.5 Å². The number of carbonyl (C=O) groups is 2. The molecule has 1 spiro atoms. The average molecular weight is 457 g/mol. The number of methoxy groups -OCH3 is 1. The molecule has 0 bridgehead atoms. The number of hydrogen-bond donors (Lipinski definition) is 3. The lowest BCUT2D eigenvalue weighted by Gasteiger charge is -2.42. The molecule has 4 rings (SSSR count). The molecular weight excluding hydrogens is 420 g/mol. The van der Waals surface area contributed by atoms with Crippen LogP contribution in [0.5, 0.6) is 0 Å². The molecule has 0 aromatic rings. The third kappa shape index (κ3) is 4.23. The van der Waals surface area contributed by atoms with Gasteiger partial charge in [-0.1, -0.05) is 0 Å². The summed E-state index contributed by atoms with van der Waals surface area (Å²) in [4.78, 5) is 24.3. The molecular formula is C22H36N2O8. The summed E-state index contributed by atoms with van der Waals surface area (Å²) in [6, 6.07) is -1.29. The van der Waals surface area contributed by atoms with E-state index in [2.05, 4.69) is 26.1 Å². The summed E-state index contributed by atoms with van der Waals surface area (Å²) in [5, 5.41) is 12.5.